The molecule has 0 bridgehead atoms. The number of para-hydroxylation sites is 1. The summed E-state index contributed by atoms with van der Waals surface area (Å²) in [6.07, 6.45) is 1.10. The van der Waals surface area contributed by atoms with E-state index in [4.69, 9.17) is 10.5 Å². The van der Waals surface area contributed by atoms with E-state index in [2.05, 4.69) is 0 Å². The number of rotatable bonds is 3. The van der Waals surface area contributed by atoms with E-state index in [0.717, 1.165) is 28.3 Å². The van der Waals surface area contributed by atoms with Crippen LogP contribution in [0, 0.1) is 6.92 Å². The van der Waals surface area contributed by atoms with Crippen molar-refractivity contribution in [3.8, 4) is 5.75 Å². The molecular weight excluding hydrogens is 312 g/mol. The SMILES string of the molecule is Cc1ccc2c(c1)OCCN2C(=O)CCc1ccccc1N.Cl. The molecular formula is C18H21ClN2O2. The molecule has 0 saturated heterocycles. The summed E-state index contributed by atoms with van der Waals surface area (Å²) >= 11 is 0. The van der Waals surface area contributed by atoms with Gasteiger partial charge in [0.2, 0.25) is 5.91 Å². The van der Waals surface area contributed by atoms with Crippen LogP contribution >= 0.6 is 12.4 Å². The Hall–Kier alpha value is -2.20. The number of aryl methyl sites for hydroxylation is 2. The molecule has 3 rings (SSSR count). The van der Waals surface area contributed by atoms with Gasteiger partial charge in [0.25, 0.3) is 0 Å². The van der Waals surface area contributed by atoms with Gasteiger partial charge in [0.15, 0.2) is 0 Å². The average molecular weight is 333 g/mol. The monoisotopic (exact) mass is 332 g/mol. The molecule has 1 aliphatic heterocycles. The number of nitrogens with zero attached hydrogens (tertiary/aromatic N) is 1. The van der Waals surface area contributed by atoms with Gasteiger partial charge in [0.05, 0.1) is 12.2 Å². The van der Waals surface area contributed by atoms with E-state index in [1.54, 1.807) is 0 Å². The minimum absolute atomic E-state index is 0. The largest absolute Gasteiger partial charge is 0.490 e. The number of amides is 1. The summed E-state index contributed by atoms with van der Waals surface area (Å²) in [6, 6.07) is 13.6. The number of benzene rings is 2. The molecule has 4 nitrogen and oxygen atoms in total. The summed E-state index contributed by atoms with van der Waals surface area (Å²) in [5, 5.41) is 0. The number of nitrogens with two attached hydrogens (primary N) is 1. The molecule has 2 aromatic rings. The van der Waals surface area contributed by atoms with Crippen LogP contribution in [0.1, 0.15) is 17.5 Å². The molecule has 0 saturated carbocycles. The van der Waals surface area contributed by atoms with Gasteiger partial charge in [0, 0.05) is 12.1 Å². The van der Waals surface area contributed by atoms with Crippen molar-refractivity contribution in [3.63, 3.8) is 0 Å². The zero-order chi connectivity index (χ0) is 15.5. The summed E-state index contributed by atoms with van der Waals surface area (Å²) in [6.45, 7) is 3.15. The molecule has 0 aliphatic carbocycles. The minimum Gasteiger partial charge on any atom is -0.490 e. The van der Waals surface area contributed by atoms with E-state index in [-0.39, 0.29) is 18.3 Å². The highest BCUT2D eigenvalue weighted by atomic mass is 35.5. The predicted molar refractivity (Wildman–Crippen MR) is 95.5 cm³/mol. The number of hydrogen-bond acceptors (Lipinski definition) is 3. The second kappa shape index (κ2) is 7.38. The van der Waals surface area contributed by atoms with Gasteiger partial charge >= 0.3 is 0 Å². The Balaban J connectivity index is 0.00000192. The average Bonchev–Trinajstić information content (AvgIpc) is 2.53. The first-order valence-electron chi connectivity index (χ1n) is 7.52. The smallest absolute Gasteiger partial charge is 0.227 e. The van der Waals surface area contributed by atoms with Crippen LogP contribution in [-0.4, -0.2) is 19.1 Å². The van der Waals surface area contributed by atoms with Gasteiger partial charge < -0.3 is 15.4 Å². The Labute approximate surface area is 142 Å². The normalized spacial score (nSPS) is 12.8. The first-order valence-corrected chi connectivity index (χ1v) is 7.52. The lowest BCUT2D eigenvalue weighted by Crippen LogP contribution is -2.38. The highest BCUT2D eigenvalue weighted by Crippen LogP contribution is 2.32. The molecule has 0 unspecified atom stereocenters. The van der Waals surface area contributed by atoms with Crippen molar-refractivity contribution < 1.29 is 9.53 Å². The maximum absolute atomic E-state index is 12.6. The lowest BCUT2D eigenvalue weighted by atomic mass is 10.1. The van der Waals surface area contributed by atoms with Gasteiger partial charge in [-0.2, -0.15) is 0 Å². The molecule has 122 valence electrons. The van der Waals surface area contributed by atoms with E-state index in [1.165, 1.54) is 0 Å². The highest BCUT2D eigenvalue weighted by molar-refractivity contribution is 5.95. The maximum Gasteiger partial charge on any atom is 0.227 e. The zero-order valence-electron chi connectivity index (χ0n) is 13.1. The van der Waals surface area contributed by atoms with Crippen LogP contribution in [-0.2, 0) is 11.2 Å². The standard InChI is InChI=1S/C18H20N2O2.ClH/c1-13-6-8-16-17(12-13)22-11-10-20(16)18(21)9-7-14-4-2-3-5-15(14)19;/h2-6,8,12H,7,9-11,19H2,1H3;1H. The van der Waals surface area contributed by atoms with Gasteiger partial charge in [-0.15, -0.1) is 12.4 Å². The Morgan fingerprint density at radius 2 is 2.04 bits per heavy atom. The molecule has 1 amide bonds. The second-order valence-electron chi connectivity index (χ2n) is 5.56. The van der Waals surface area contributed by atoms with Gasteiger partial charge in [-0.25, -0.2) is 0 Å². The third kappa shape index (κ3) is 3.77. The fourth-order valence-corrected chi connectivity index (χ4v) is 2.72. The molecule has 23 heavy (non-hydrogen) atoms. The van der Waals surface area contributed by atoms with Crippen LogP contribution in [0.5, 0.6) is 5.75 Å². The Kier molecular flexibility index (Phi) is 5.50. The Bertz CT molecular complexity index is 703. The number of carbonyl (C=O) groups is 1. The van der Waals surface area contributed by atoms with E-state index < -0.39 is 0 Å². The van der Waals surface area contributed by atoms with E-state index in [9.17, 15) is 4.79 Å². The lowest BCUT2D eigenvalue weighted by Gasteiger charge is -2.30. The summed E-state index contributed by atoms with van der Waals surface area (Å²) in [5.74, 6) is 0.899. The number of halogens is 1. The molecule has 0 spiro atoms. The Morgan fingerprint density at radius 3 is 2.83 bits per heavy atom. The summed E-state index contributed by atoms with van der Waals surface area (Å²) in [4.78, 5) is 14.4. The lowest BCUT2D eigenvalue weighted by molar-refractivity contribution is -0.118. The number of hydrogen-bond donors (Lipinski definition) is 1. The number of anilines is 2. The van der Waals surface area contributed by atoms with Crippen LogP contribution in [0.25, 0.3) is 0 Å². The number of nitrogen functional groups attached to an aromatic ring is 1. The van der Waals surface area contributed by atoms with Crippen molar-refractivity contribution in [1.29, 1.82) is 0 Å². The van der Waals surface area contributed by atoms with Crippen molar-refractivity contribution >= 4 is 29.7 Å². The molecule has 2 N–H and O–H groups in total. The summed E-state index contributed by atoms with van der Waals surface area (Å²) < 4.78 is 5.65. The van der Waals surface area contributed by atoms with Crippen molar-refractivity contribution in [2.75, 3.05) is 23.8 Å². The van der Waals surface area contributed by atoms with Crippen molar-refractivity contribution in [2.24, 2.45) is 0 Å². The fraction of sp³-hybridized carbons (Fsp3) is 0.278. The predicted octanol–water partition coefficient (Wildman–Crippen LogP) is 3.36. The van der Waals surface area contributed by atoms with Crippen LogP contribution in [0.2, 0.25) is 0 Å². The minimum atomic E-state index is 0. The van der Waals surface area contributed by atoms with E-state index in [1.807, 2.05) is 54.3 Å². The van der Waals surface area contributed by atoms with Crippen LogP contribution < -0.4 is 15.4 Å². The highest BCUT2D eigenvalue weighted by Gasteiger charge is 2.23. The van der Waals surface area contributed by atoms with Gasteiger partial charge in [0.1, 0.15) is 12.4 Å². The summed E-state index contributed by atoms with van der Waals surface area (Å²) in [5.41, 5.74) is 9.69. The second-order valence-corrected chi connectivity index (χ2v) is 5.56. The number of fused-ring (bicyclic) bond motifs is 1. The summed E-state index contributed by atoms with van der Waals surface area (Å²) in [7, 11) is 0. The molecule has 2 aromatic carbocycles. The van der Waals surface area contributed by atoms with Crippen LogP contribution in [0.4, 0.5) is 11.4 Å². The molecule has 0 radical (unpaired) electrons. The number of carbonyl (C=O) groups excluding carboxylic acids is 1. The third-order valence-corrected chi connectivity index (χ3v) is 3.94. The topological polar surface area (TPSA) is 55.6 Å². The van der Waals surface area contributed by atoms with Gasteiger partial charge in [-0.3, -0.25) is 4.79 Å². The molecule has 0 atom stereocenters. The van der Waals surface area contributed by atoms with Gasteiger partial charge in [-0.1, -0.05) is 24.3 Å². The quantitative estimate of drug-likeness (QED) is 0.877. The molecule has 1 heterocycles. The van der Waals surface area contributed by atoms with Gasteiger partial charge in [-0.05, 0) is 42.7 Å². The van der Waals surface area contributed by atoms with Crippen molar-refractivity contribution in [2.45, 2.75) is 19.8 Å². The number of ether oxygens (including phenoxy) is 1. The van der Waals surface area contributed by atoms with Crippen LogP contribution in [0.15, 0.2) is 42.5 Å². The molecule has 5 heteroatoms. The molecule has 1 aliphatic rings. The van der Waals surface area contributed by atoms with E-state index >= 15 is 0 Å². The maximum atomic E-state index is 12.6. The zero-order valence-corrected chi connectivity index (χ0v) is 13.9. The van der Waals surface area contributed by atoms with E-state index in [0.29, 0.717) is 26.0 Å². The first-order chi connectivity index (χ1) is 10.6. The third-order valence-electron chi connectivity index (χ3n) is 3.94. The van der Waals surface area contributed by atoms with Crippen molar-refractivity contribution in [1.82, 2.24) is 0 Å². The first kappa shape index (κ1) is 17.2. The van der Waals surface area contributed by atoms with Crippen LogP contribution in [0.3, 0.4) is 0 Å². The molecule has 0 fully saturated rings. The van der Waals surface area contributed by atoms with Crippen molar-refractivity contribution in [3.05, 3.63) is 53.6 Å². The fourth-order valence-electron chi connectivity index (χ4n) is 2.72. The Morgan fingerprint density at radius 1 is 1.26 bits per heavy atom. The molecule has 0 aromatic heterocycles.